The summed E-state index contributed by atoms with van der Waals surface area (Å²) in [4.78, 5) is 39.7. The normalized spacial score (nSPS) is 15.6. The van der Waals surface area contributed by atoms with Gasteiger partial charge in [-0.2, -0.15) is 0 Å². The van der Waals surface area contributed by atoms with Crippen molar-refractivity contribution in [3.63, 3.8) is 0 Å². The highest BCUT2D eigenvalue weighted by atomic mass is 16.2. The quantitative estimate of drug-likeness (QED) is 0.0971. The van der Waals surface area contributed by atoms with Gasteiger partial charge in [0.2, 0.25) is 17.7 Å². The van der Waals surface area contributed by atoms with Crippen LogP contribution in [0.4, 0.5) is 0 Å². The van der Waals surface area contributed by atoms with Crippen molar-refractivity contribution in [1.82, 2.24) is 16.0 Å². The molecule has 220 valence electrons. The third-order valence-electron chi connectivity index (χ3n) is 7.57. The van der Waals surface area contributed by atoms with E-state index in [0.717, 1.165) is 43.2 Å². The van der Waals surface area contributed by atoms with Gasteiger partial charge in [-0.3, -0.25) is 25.2 Å². The first-order valence-corrected chi connectivity index (χ1v) is 14.1. The fourth-order valence-corrected chi connectivity index (χ4v) is 5.30. The Morgan fingerprint density at radius 3 is 2.10 bits per heavy atom. The number of hydrogen-bond acceptors (Lipinski definition) is 5. The van der Waals surface area contributed by atoms with E-state index in [1.54, 1.807) is 12.1 Å². The maximum atomic E-state index is 13.9. The average Bonchev–Trinajstić information content (AvgIpc) is 2.96. The van der Waals surface area contributed by atoms with Gasteiger partial charge in [0.15, 0.2) is 5.96 Å². The van der Waals surface area contributed by atoms with Crippen LogP contribution in [0, 0.1) is 16.7 Å². The zero-order valence-corrected chi connectivity index (χ0v) is 23.3. The Kier molecular flexibility index (Phi) is 11.7. The molecule has 11 nitrogen and oxygen atoms in total. The summed E-state index contributed by atoms with van der Waals surface area (Å²) >= 11 is 0. The Morgan fingerprint density at radius 2 is 1.51 bits per heavy atom. The number of amides is 3. The average molecular weight is 563 g/mol. The fraction of sp³-hybridized carbons (Fsp3) is 0.433. The monoisotopic (exact) mass is 562 g/mol. The molecule has 0 radical (unpaired) electrons. The number of primary amides is 1. The fourth-order valence-electron chi connectivity index (χ4n) is 5.30. The van der Waals surface area contributed by atoms with Crippen molar-refractivity contribution in [2.24, 2.45) is 23.1 Å². The van der Waals surface area contributed by atoms with E-state index in [0.29, 0.717) is 24.9 Å². The van der Waals surface area contributed by atoms with Crippen LogP contribution in [0.3, 0.4) is 0 Å². The van der Waals surface area contributed by atoms with Crippen LogP contribution < -0.4 is 33.2 Å². The number of carbonyl (C=O) groups is 3. The Bertz CT molecular complexity index is 1200. The molecule has 0 saturated heterocycles. The van der Waals surface area contributed by atoms with Crippen LogP contribution in [-0.2, 0) is 20.8 Å². The van der Waals surface area contributed by atoms with Crippen molar-refractivity contribution < 1.29 is 14.4 Å². The van der Waals surface area contributed by atoms with Gasteiger partial charge in [0.1, 0.15) is 17.9 Å². The van der Waals surface area contributed by atoms with Crippen LogP contribution in [0.1, 0.15) is 67.6 Å². The van der Waals surface area contributed by atoms with Gasteiger partial charge in [0.05, 0.1) is 5.92 Å². The molecule has 3 amide bonds. The Labute approximate surface area is 241 Å². The second kappa shape index (κ2) is 15.4. The first kappa shape index (κ1) is 31.1. The lowest BCUT2D eigenvalue weighted by molar-refractivity contribution is -0.133. The number of guanidine groups is 1. The predicted octanol–water partition coefficient (Wildman–Crippen LogP) is 1.60. The van der Waals surface area contributed by atoms with E-state index in [1.165, 1.54) is 0 Å². The minimum Gasteiger partial charge on any atom is -0.384 e. The lowest BCUT2D eigenvalue weighted by atomic mass is 9.82. The van der Waals surface area contributed by atoms with Crippen LogP contribution in [0.15, 0.2) is 54.6 Å². The molecule has 3 rings (SSSR count). The summed E-state index contributed by atoms with van der Waals surface area (Å²) in [5, 5.41) is 23.4. The van der Waals surface area contributed by atoms with E-state index < -0.39 is 29.8 Å². The highest BCUT2D eigenvalue weighted by Gasteiger charge is 2.35. The van der Waals surface area contributed by atoms with Gasteiger partial charge in [-0.15, -0.1) is 0 Å². The number of rotatable bonds is 14. The van der Waals surface area contributed by atoms with Crippen LogP contribution >= 0.6 is 0 Å². The van der Waals surface area contributed by atoms with Gasteiger partial charge < -0.3 is 33.2 Å². The number of nitrogens with two attached hydrogens (primary N) is 3. The molecule has 1 aliphatic carbocycles. The molecule has 11 heteroatoms. The van der Waals surface area contributed by atoms with Crippen LogP contribution in [0.2, 0.25) is 0 Å². The number of benzene rings is 2. The van der Waals surface area contributed by atoms with Crippen molar-refractivity contribution in [2.75, 3.05) is 6.54 Å². The summed E-state index contributed by atoms with van der Waals surface area (Å²) in [6.07, 6.45) is 5.72. The molecule has 2 aromatic rings. The largest absolute Gasteiger partial charge is 0.384 e. The Balaban J connectivity index is 1.80. The standard InChI is InChI=1S/C30H42N8O3/c31-26(32)22-15-13-19(14-16-22)18-23(20-8-3-1-4-9-20)28(40)38-25(21-10-5-2-6-11-21)29(41)37-24(27(33)39)12-7-17-36-30(34)35/h1,3-4,8-9,13-16,21,23-25H,2,5-7,10-12,17-18H2,(H3,31,32)(H2,33,39)(H,37,41)(H,38,40)(H4,34,35,36)/t23-,24?,25-/m0/s1. The third kappa shape index (κ3) is 9.63. The number of amidine groups is 1. The molecule has 1 aliphatic rings. The maximum Gasteiger partial charge on any atom is 0.243 e. The van der Waals surface area contributed by atoms with Gasteiger partial charge in [-0.25, -0.2) is 0 Å². The molecular formula is C30H42N8O3. The lowest BCUT2D eigenvalue weighted by Gasteiger charge is -2.32. The van der Waals surface area contributed by atoms with Gasteiger partial charge in [-0.05, 0) is 49.1 Å². The zero-order valence-electron chi connectivity index (χ0n) is 23.3. The number of hydrogen-bond donors (Lipinski definition) is 8. The number of nitrogen functional groups attached to an aromatic ring is 1. The lowest BCUT2D eigenvalue weighted by Crippen LogP contribution is -2.56. The van der Waals surface area contributed by atoms with Crippen LogP contribution in [-0.4, -0.2) is 48.1 Å². The van der Waals surface area contributed by atoms with Crippen molar-refractivity contribution in [2.45, 2.75) is 69.4 Å². The Morgan fingerprint density at radius 1 is 0.854 bits per heavy atom. The summed E-state index contributed by atoms with van der Waals surface area (Å²) in [6.45, 7) is 0.365. The molecule has 0 bridgehead atoms. The second-order valence-electron chi connectivity index (χ2n) is 10.6. The van der Waals surface area contributed by atoms with E-state index in [4.69, 9.17) is 28.0 Å². The van der Waals surface area contributed by atoms with E-state index in [2.05, 4.69) is 16.0 Å². The molecule has 2 aromatic carbocycles. The third-order valence-corrected chi connectivity index (χ3v) is 7.57. The summed E-state index contributed by atoms with van der Waals surface area (Å²) in [6, 6.07) is 14.9. The summed E-state index contributed by atoms with van der Waals surface area (Å²) in [5.41, 5.74) is 18.8. The Hall–Kier alpha value is -4.41. The molecule has 0 aromatic heterocycles. The molecule has 0 heterocycles. The first-order valence-electron chi connectivity index (χ1n) is 14.1. The molecule has 11 N–H and O–H groups in total. The van der Waals surface area contributed by atoms with Crippen LogP contribution in [0.25, 0.3) is 0 Å². The molecule has 1 unspecified atom stereocenters. The van der Waals surface area contributed by atoms with E-state index in [1.807, 2.05) is 42.5 Å². The van der Waals surface area contributed by atoms with E-state index in [-0.39, 0.29) is 30.0 Å². The molecule has 0 aliphatic heterocycles. The summed E-state index contributed by atoms with van der Waals surface area (Å²) < 4.78 is 0. The van der Waals surface area contributed by atoms with Crippen LogP contribution in [0.5, 0.6) is 0 Å². The predicted molar refractivity (Wildman–Crippen MR) is 159 cm³/mol. The minimum absolute atomic E-state index is 0.0281. The molecule has 1 fully saturated rings. The topological polar surface area (TPSA) is 213 Å². The van der Waals surface area contributed by atoms with E-state index >= 15 is 0 Å². The van der Waals surface area contributed by atoms with Gasteiger partial charge in [0, 0.05) is 12.1 Å². The first-order chi connectivity index (χ1) is 19.7. The smallest absolute Gasteiger partial charge is 0.243 e. The summed E-state index contributed by atoms with van der Waals surface area (Å²) in [5.74, 6) is -2.20. The molecule has 3 atom stereocenters. The van der Waals surface area contributed by atoms with Gasteiger partial charge in [-0.1, -0.05) is 73.9 Å². The number of carbonyl (C=O) groups excluding carboxylic acids is 3. The SMILES string of the molecule is N=C(N)NCCCC(NC(=O)[C@@H](NC(=O)[C@@H](Cc1ccc(C(=N)N)cc1)c1ccccc1)C1CCCCC1)C(N)=O. The van der Waals surface area contributed by atoms with Crippen molar-refractivity contribution in [1.29, 1.82) is 10.8 Å². The highest BCUT2D eigenvalue weighted by Crippen LogP contribution is 2.28. The molecular weight excluding hydrogens is 520 g/mol. The minimum atomic E-state index is -0.913. The van der Waals surface area contributed by atoms with Crippen molar-refractivity contribution in [3.8, 4) is 0 Å². The van der Waals surface area contributed by atoms with Gasteiger partial charge >= 0.3 is 0 Å². The molecule has 0 spiro atoms. The van der Waals surface area contributed by atoms with Gasteiger partial charge in [0.25, 0.3) is 0 Å². The zero-order chi connectivity index (χ0) is 29.8. The maximum absolute atomic E-state index is 13.9. The van der Waals surface area contributed by atoms with E-state index in [9.17, 15) is 14.4 Å². The summed E-state index contributed by atoms with van der Waals surface area (Å²) in [7, 11) is 0. The van der Waals surface area contributed by atoms with Crippen molar-refractivity contribution >= 4 is 29.5 Å². The highest BCUT2D eigenvalue weighted by molar-refractivity contribution is 5.95. The number of nitrogens with one attached hydrogen (secondary N) is 5. The molecule has 1 saturated carbocycles. The second-order valence-corrected chi connectivity index (χ2v) is 10.6. The van der Waals surface area contributed by atoms with Crippen molar-refractivity contribution in [3.05, 3.63) is 71.3 Å². The molecule has 41 heavy (non-hydrogen) atoms.